The summed E-state index contributed by atoms with van der Waals surface area (Å²) in [6.45, 7) is 0.747. The van der Waals surface area contributed by atoms with Crippen molar-refractivity contribution >= 4 is 28.4 Å². The molecule has 2 aromatic carbocycles. The summed E-state index contributed by atoms with van der Waals surface area (Å²) >= 11 is 0. The predicted molar refractivity (Wildman–Crippen MR) is 64.6 cm³/mol. The van der Waals surface area contributed by atoms with Gasteiger partial charge < -0.3 is 9.15 Å². The van der Waals surface area contributed by atoms with Crippen molar-refractivity contribution in [2.24, 2.45) is 0 Å². The average molecular weight is 226 g/mol. The van der Waals surface area contributed by atoms with Crippen LogP contribution in [0.4, 0.5) is 0 Å². The lowest BCUT2D eigenvalue weighted by Gasteiger charge is -1.98. The van der Waals surface area contributed by atoms with Gasteiger partial charge in [-0.2, -0.15) is 0 Å². The van der Waals surface area contributed by atoms with Crippen LogP contribution in [0, 0.1) is 0 Å². The van der Waals surface area contributed by atoms with Gasteiger partial charge >= 0.3 is 0 Å². The second-order valence-corrected chi connectivity index (χ2v) is 3.84. The van der Waals surface area contributed by atoms with Crippen LogP contribution in [0.1, 0.15) is 5.56 Å². The largest absolute Gasteiger partial charge is 0.463 e. The molecule has 0 aliphatic heterocycles. The minimum absolute atomic E-state index is 0.291. The monoisotopic (exact) mass is 226 g/mol. The van der Waals surface area contributed by atoms with Crippen LogP contribution >= 0.6 is 0 Å². The summed E-state index contributed by atoms with van der Waals surface area (Å²) in [5, 5.41) is 2.13. The number of benzene rings is 2. The first-order valence-electron chi connectivity index (χ1n) is 5.34. The molecule has 0 atom stereocenters. The highest BCUT2D eigenvalue weighted by atomic mass is 16.5. The third kappa shape index (κ3) is 1.65. The minimum atomic E-state index is 0.291. The van der Waals surface area contributed by atoms with E-state index in [1.165, 1.54) is 0 Å². The zero-order chi connectivity index (χ0) is 11.7. The van der Waals surface area contributed by atoms with E-state index in [9.17, 15) is 4.79 Å². The van der Waals surface area contributed by atoms with Gasteiger partial charge in [0, 0.05) is 10.8 Å². The third-order valence-corrected chi connectivity index (χ3v) is 2.76. The van der Waals surface area contributed by atoms with Crippen LogP contribution in [0.2, 0.25) is 0 Å². The lowest BCUT2D eigenvalue weighted by molar-refractivity contribution is -0.129. The lowest BCUT2D eigenvalue weighted by Crippen LogP contribution is -1.88. The number of hydrogen-bond acceptors (Lipinski definition) is 3. The van der Waals surface area contributed by atoms with Crippen molar-refractivity contribution < 1.29 is 13.9 Å². The summed E-state index contributed by atoms with van der Waals surface area (Å²) in [5.74, 6) is 0. The smallest absolute Gasteiger partial charge is 0.293 e. The zero-order valence-electron chi connectivity index (χ0n) is 9.05. The van der Waals surface area contributed by atoms with Gasteiger partial charge in [-0.1, -0.05) is 24.3 Å². The predicted octanol–water partition coefficient (Wildman–Crippen LogP) is 3.26. The second kappa shape index (κ2) is 3.94. The Morgan fingerprint density at radius 3 is 2.76 bits per heavy atom. The molecule has 0 bridgehead atoms. The molecule has 3 aromatic rings. The Hall–Kier alpha value is -2.29. The fourth-order valence-corrected chi connectivity index (χ4v) is 1.99. The van der Waals surface area contributed by atoms with Crippen molar-refractivity contribution in [1.82, 2.24) is 0 Å². The summed E-state index contributed by atoms with van der Waals surface area (Å²) in [7, 11) is 0. The molecule has 0 spiro atoms. The Labute approximate surface area is 97.6 Å². The van der Waals surface area contributed by atoms with E-state index in [1.54, 1.807) is 0 Å². The van der Waals surface area contributed by atoms with E-state index in [-0.39, 0.29) is 0 Å². The molecular formula is C14H10O3. The molecule has 0 fully saturated rings. The van der Waals surface area contributed by atoms with Crippen molar-refractivity contribution in [3.05, 3.63) is 48.0 Å². The molecule has 1 heterocycles. The molecule has 3 rings (SSSR count). The molecule has 17 heavy (non-hydrogen) atoms. The fraction of sp³-hybridized carbons (Fsp3) is 0.0714. The first-order chi connectivity index (χ1) is 8.38. The number of rotatable bonds is 3. The van der Waals surface area contributed by atoms with Crippen molar-refractivity contribution in [3.63, 3.8) is 0 Å². The van der Waals surface area contributed by atoms with E-state index < -0.39 is 0 Å². The van der Waals surface area contributed by atoms with Crippen LogP contribution in [0.15, 0.2) is 46.9 Å². The van der Waals surface area contributed by atoms with Gasteiger partial charge in [0.25, 0.3) is 6.47 Å². The average Bonchev–Trinajstić information content (AvgIpc) is 2.74. The third-order valence-electron chi connectivity index (χ3n) is 2.76. The molecule has 0 radical (unpaired) electrons. The number of furan rings is 1. The number of carbonyl (C=O) groups is 1. The molecule has 3 nitrogen and oxygen atoms in total. The molecule has 0 aliphatic rings. The van der Waals surface area contributed by atoms with E-state index in [2.05, 4.69) is 0 Å². The van der Waals surface area contributed by atoms with Crippen LogP contribution in [0.25, 0.3) is 21.9 Å². The second-order valence-electron chi connectivity index (χ2n) is 3.84. The molecule has 84 valence electrons. The summed E-state index contributed by atoms with van der Waals surface area (Å²) < 4.78 is 10.4. The molecule has 0 amide bonds. The van der Waals surface area contributed by atoms with Crippen LogP contribution in [-0.4, -0.2) is 6.47 Å². The topological polar surface area (TPSA) is 39.4 Å². The number of para-hydroxylation sites is 1. The Balaban J connectivity index is 2.19. The van der Waals surface area contributed by atoms with Gasteiger partial charge in [-0.15, -0.1) is 0 Å². The van der Waals surface area contributed by atoms with Gasteiger partial charge in [-0.3, -0.25) is 4.79 Å². The van der Waals surface area contributed by atoms with E-state index in [4.69, 9.17) is 9.15 Å². The molecule has 0 N–H and O–H groups in total. The Morgan fingerprint density at radius 2 is 1.88 bits per heavy atom. The van der Waals surface area contributed by atoms with Crippen LogP contribution in [-0.2, 0) is 16.1 Å². The van der Waals surface area contributed by atoms with Gasteiger partial charge in [0.1, 0.15) is 17.8 Å². The number of ether oxygens (including phenoxy) is 1. The van der Waals surface area contributed by atoms with Crippen LogP contribution < -0.4 is 0 Å². The highest BCUT2D eigenvalue weighted by Gasteiger charge is 2.06. The van der Waals surface area contributed by atoms with Crippen molar-refractivity contribution in [2.75, 3.05) is 0 Å². The van der Waals surface area contributed by atoms with Crippen LogP contribution in [0.5, 0.6) is 0 Å². The molecule has 0 saturated carbocycles. The molecule has 0 saturated heterocycles. The van der Waals surface area contributed by atoms with E-state index in [1.807, 2.05) is 42.5 Å². The Morgan fingerprint density at radius 1 is 1.06 bits per heavy atom. The van der Waals surface area contributed by atoms with Gasteiger partial charge in [0.05, 0.1) is 0 Å². The molecule has 0 aliphatic carbocycles. The van der Waals surface area contributed by atoms with E-state index in [0.29, 0.717) is 13.1 Å². The van der Waals surface area contributed by atoms with E-state index in [0.717, 1.165) is 27.5 Å². The summed E-state index contributed by atoms with van der Waals surface area (Å²) in [5.41, 5.74) is 2.67. The lowest BCUT2D eigenvalue weighted by atomic mass is 10.1. The Bertz CT molecular complexity index is 682. The zero-order valence-corrected chi connectivity index (χ0v) is 9.05. The highest BCUT2D eigenvalue weighted by Crippen LogP contribution is 2.29. The van der Waals surface area contributed by atoms with Gasteiger partial charge in [0.2, 0.25) is 0 Å². The molecule has 0 unspecified atom stereocenters. The van der Waals surface area contributed by atoms with Gasteiger partial charge in [0.15, 0.2) is 0 Å². The molecule has 1 aromatic heterocycles. The fourth-order valence-electron chi connectivity index (χ4n) is 1.99. The van der Waals surface area contributed by atoms with Gasteiger partial charge in [-0.25, -0.2) is 0 Å². The number of carbonyl (C=O) groups excluding carboxylic acids is 1. The van der Waals surface area contributed by atoms with Gasteiger partial charge in [-0.05, 0) is 23.8 Å². The minimum Gasteiger partial charge on any atom is -0.463 e. The number of fused-ring (bicyclic) bond motifs is 3. The molecular weight excluding hydrogens is 216 g/mol. The van der Waals surface area contributed by atoms with Crippen LogP contribution in [0.3, 0.4) is 0 Å². The maximum atomic E-state index is 10.2. The van der Waals surface area contributed by atoms with E-state index >= 15 is 0 Å². The van der Waals surface area contributed by atoms with Crippen molar-refractivity contribution in [3.8, 4) is 0 Å². The molecule has 3 heteroatoms. The summed E-state index contributed by atoms with van der Waals surface area (Å²) in [4.78, 5) is 10.2. The first kappa shape index (κ1) is 9.90. The first-order valence-corrected chi connectivity index (χ1v) is 5.34. The summed E-state index contributed by atoms with van der Waals surface area (Å²) in [6, 6.07) is 13.7. The SMILES string of the molecule is O=COCc1ccc2oc3ccccc3c2c1. The van der Waals surface area contributed by atoms with Crippen molar-refractivity contribution in [1.29, 1.82) is 0 Å². The highest BCUT2D eigenvalue weighted by molar-refractivity contribution is 6.04. The number of hydrogen-bond donors (Lipinski definition) is 0. The summed E-state index contributed by atoms with van der Waals surface area (Å²) in [6.07, 6.45) is 0. The normalized spacial score (nSPS) is 10.8. The maximum absolute atomic E-state index is 10.2. The quantitative estimate of drug-likeness (QED) is 0.643. The maximum Gasteiger partial charge on any atom is 0.293 e. The standard InChI is InChI=1S/C14H10O3/c15-9-16-8-10-5-6-14-12(7-10)11-3-1-2-4-13(11)17-14/h1-7,9H,8H2. The van der Waals surface area contributed by atoms with Crippen molar-refractivity contribution in [2.45, 2.75) is 6.61 Å². The Kier molecular flexibility index (Phi) is 2.29.